The molecule has 0 aliphatic heterocycles. The van der Waals surface area contributed by atoms with Gasteiger partial charge in [-0.3, -0.25) is 0 Å². The molecule has 0 spiro atoms. The molecule has 0 heterocycles. The van der Waals surface area contributed by atoms with Crippen LogP contribution in [0.1, 0.15) is 36.9 Å². The lowest BCUT2D eigenvalue weighted by molar-refractivity contribution is -0.136. The van der Waals surface area contributed by atoms with Crippen LogP contribution in [-0.2, 0) is 0 Å². The normalized spacial score (nSPS) is 13.7. The van der Waals surface area contributed by atoms with Crippen LogP contribution < -0.4 is 5.32 Å². The van der Waals surface area contributed by atoms with Gasteiger partial charge in [0, 0.05) is 12.5 Å². The molecule has 0 amide bonds. The van der Waals surface area contributed by atoms with E-state index in [9.17, 15) is 17.6 Å². The monoisotopic (exact) mass is 263 g/mol. The summed E-state index contributed by atoms with van der Waals surface area (Å²) >= 11 is 0. The Bertz CT molecular complexity index is 387. The Morgan fingerprint density at radius 1 is 1.28 bits per heavy atom. The Morgan fingerprint density at radius 2 is 1.94 bits per heavy atom. The average molecular weight is 263 g/mol. The molecular formula is C13H17F4N. The summed E-state index contributed by atoms with van der Waals surface area (Å²) in [4.78, 5) is 0. The second-order valence-corrected chi connectivity index (χ2v) is 4.27. The van der Waals surface area contributed by atoms with Crippen molar-refractivity contribution in [1.82, 2.24) is 5.32 Å². The summed E-state index contributed by atoms with van der Waals surface area (Å²) < 4.78 is 49.8. The molecule has 0 bridgehead atoms. The lowest BCUT2D eigenvalue weighted by Gasteiger charge is -2.19. The number of benzene rings is 1. The van der Waals surface area contributed by atoms with Crippen LogP contribution in [0.4, 0.5) is 17.6 Å². The molecule has 1 N–H and O–H groups in total. The van der Waals surface area contributed by atoms with Gasteiger partial charge in [-0.25, -0.2) is 4.39 Å². The van der Waals surface area contributed by atoms with Gasteiger partial charge in [-0.15, -0.1) is 0 Å². The van der Waals surface area contributed by atoms with E-state index in [1.807, 2.05) is 6.92 Å². The number of aryl methyl sites for hydroxylation is 1. The van der Waals surface area contributed by atoms with Crippen LogP contribution in [0.2, 0.25) is 0 Å². The molecule has 1 atom stereocenters. The van der Waals surface area contributed by atoms with E-state index in [0.29, 0.717) is 17.7 Å². The molecule has 0 fully saturated rings. The molecule has 0 saturated heterocycles. The van der Waals surface area contributed by atoms with E-state index in [2.05, 4.69) is 5.32 Å². The van der Waals surface area contributed by atoms with E-state index in [0.717, 1.165) is 0 Å². The number of hydrogen-bond acceptors (Lipinski definition) is 1. The van der Waals surface area contributed by atoms with Crippen LogP contribution in [0.3, 0.4) is 0 Å². The molecule has 18 heavy (non-hydrogen) atoms. The number of rotatable bonds is 5. The van der Waals surface area contributed by atoms with E-state index in [-0.39, 0.29) is 12.2 Å². The highest BCUT2D eigenvalue weighted by molar-refractivity contribution is 5.26. The number of alkyl halides is 3. The van der Waals surface area contributed by atoms with Gasteiger partial charge in [0.1, 0.15) is 5.82 Å². The molecule has 1 aromatic carbocycles. The molecule has 1 rings (SSSR count). The minimum Gasteiger partial charge on any atom is -0.310 e. The summed E-state index contributed by atoms with van der Waals surface area (Å²) in [6.07, 6.45) is -5.05. The van der Waals surface area contributed by atoms with Crippen molar-refractivity contribution in [3.63, 3.8) is 0 Å². The first-order valence-corrected chi connectivity index (χ1v) is 5.89. The van der Waals surface area contributed by atoms with Crippen molar-refractivity contribution in [3.8, 4) is 0 Å². The third-order valence-corrected chi connectivity index (χ3v) is 2.75. The third kappa shape index (κ3) is 4.64. The fourth-order valence-corrected chi connectivity index (χ4v) is 1.83. The third-order valence-electron chi connectivity index (χ3n) is 2.75. The quantitative estimate of drug-likeness (QED) is 0.788. The number of halogens is 4. The minimum atomic E-state index is -4.16. The minimum absolute atomic E-state index is 0.0393. The molecule has 0 aromatic heterocycles. The maximum Gasteiger partial charge on any atom is 0.389 e. The molecule has 0 saturated carbocycles. The molecule has 1 aromatic rings. The van der Waals surface area contributed by atoms with E-state index >= 15 is 0 Å². The largest absolute Gasteiger partial charge is 0.389 e. The second-order valence-electron chi connectivity index (χ2n) is 4.27. The second kappa shape index (κ2) is 6.18. The van der Waals surface area contributed by atoms with E-state index in [1.165, 1.54) is 12.1 Å². The molecule has 5 heteroatoms. The zero-order chi connectivity index (χ0) is 13.8. The SMILES string of the molecule is CCNC(CCC(F)(F)F)c1ccc(F)c(C)c1. The van der Waals surface area contributed by atoms with Crippen molar-refractivity contribution < 1.29 is 17.6 Å². The van der Waals surface area contributed by atoms with E-state index in [1.54, 1.807) is 13.0 Å². The molecule has 1 unspecified atom stereocenters. The van der Waals surface area contributed by atoms with Crippen LogP contribution in [0.5, 0.6) is 0 Å². The van der Waals surface area contributed by atoms with Crippen LogP contribution in [-0.4, -0.2) is 12.7 Å². The summed E-state index contributed by atoms with van der Waals surface area (Å²) in [6.45, 7) is 4.00. The fraction of sp³-hybridized carbons (Fsp3) is 0.538. The lowest BCUT2D eigenvalue weighted by Crippen LogP contribution is -2.23. The Kier molecular flexibility index (Phi) is 5.14. The van der Waals surface area contributed by atoms with Crippen molar-refractivity contribution in [1.29, 1.82) is 0 Å². The van der Waals surface area contributed by atoms with Crippen LogP contribution in [0.15, 0.2) is 18.2 Å². The molecule has 0 aliphatic carbocycles. The van der Waals surface area contributed by atoms with Gasteiger partial charge in [-0.1, -0.05) is 19.1 Å². The van der Waals surface area contributed by atoms with Gasteiger partial charge in [0.2, 0.25) is 0 Å². The van der Waals surface area contributed by atoms with Gasteiger partial charge in [-0.05, 0) is 37.1 Å². The Labute approximate surface area is 104 Å². The number of hydrogen-bond donors (Lipinski definition) is 1. The highest BCUT2D eigenvalue weighted by Crippen LogP contribution is 2.28. The summed E-state index contributed by atoms with van der Waals surface area (Å²) in [5, 5.41) is 3.00. The molecule has 1 nitrogen and oxygen atoms in total. The van der Waals surface area contributed by atoms with Gasteiger partial charge in [-0.2, -0.15) is 13.2 Å². The summed E-state index contributed by atoms with van der Waals surface area (Å²) in [5.41, 5.74) is 1.14. The lowest BCUT2D eigenvalue weighted by atomic mass is 9.99. The molecule has 0 aliphatic rings. The number of nitrogens with one attached hydrogen (secondary N) is 1. The summed E-state index contributed by atoms with van der Waals surface area (Å²) in [6, 6.07) is 4.03. The smallest absolute Gasteiger partial charge is 0.310 e. The van der Waals surface area contributed by atoms with Gasteiger partial charge < -0.3 is 5.32 Å². The zero-order valence-electron chi connectivity index (χ0n) is 10.4. The summed E-state index contributed by atoms with van der Waals surface area (Å²) in [7, 11) is 0. The molecular weight excluding hydrogens is 246 g/mol. The van der Waals surface area contributed by atoms with Crippen molar-refractivity contribution in [3.05, 3.63) is 35.1 Å². The van der Waals surface area contributed by atoms with Gasteiger partial charge in [0.25, 0.3) is 0 Å². The topological polar surface area (TPSA) is 12.0 Å². The predicted molar refractivity (Wildman–Crippen MR) is 62.8 cm³/mol. The maximum absolute atomic E-state index is 13.1. The van der Waals surface area contributed by atoms with E-state index in [4.69, 9.17) is 0 Å². The van der Waals surface area contributed by atoms with E-state index < -0.39 is 18.6 Å². The Morgan fingerprint density at radius 3 is 2.44 bits per heavy atom. The van der Waals surface area contributed by atoms with Crippen molar-refractivity contribution >= 4 is 0 Å². The highest BCUT2D eigenvalue weighted by atomic mass is 19.4. The average Bonchev–Trinajstić information content (AvgIpc) is 2.27. The first-order chi connectivity index (χ1) is 8.33. The van der Waals surface area contributed by atoms with Crippen molar-refractivity contribution in [2.75, 3.05) is 6.54 Å². The van der Waals surface area contributed by atoms with Crippen molar-refractivity contribution in [2.24, 2.45) is 0 Å². The van der Waals surface area contributed by atoms with Gasteiger partial charge in [0.15, 0.2) is 0 Å². The Hall–Kier alpha value is -1.10. The first-order valence-electron chi connectivity index (χ1n) is 5.89. The first kappa shape index (κ1) is 15.0. The van der Waals surface area contributed by atoms with Gasteiger partial charge in [0.05, 0.1) is 0 Å². The fourth-order valence-electron chi connectivity index (χ4n) is 1.83. The zero-order valence-corrected chi connectivity index (χ0v) is 10.4. The van der Waals surface area contributed by atoms with Gasteiger partial charge >= 0.3 is 6.18 Å². The maximum atomic E-state index is 13.1. The van der Waals surface area contributed by atoms with Crippen molar-refractivity contribution in [2.45, 2.75) is 38.9 Å². The standard InChI is InChI=1S/C13H17F4N/c1-3-18-12(6-7-13(15,16)17)10-4-5-11(14)9(2)8-10/h4-5,8,12,18H,3,6-7H2,1-2H3. The van der Waals surface area contributed by atoms with Crippen LogP contribution >= 0.6 is 0 Å². The Balaban J connectivity index is 2.80. The molecule has 0 radical (unpaired) electrons. The highest BCUT2D eigenvalue weighted by Gasteiger charge is 2.28. The predicted octanol–water partition coefficient (Wildman–Crippen LogP) is 4.13. The molecule has 102 valence electrons. The van der Waals surface area contributed by atoms with Crippen LogP contribution in [0.25, 0.3) is 0 Å². The summed E-state index contributed by atoms with van der Waals surface area (Å²) in [5.74, 6) is -0.343. The van der Waals surface area contributed by atoms with Crippen LogP contribution in [0, 0.1) is 12.7 Å².